The largest absolute Gasteiger partial charge is 0.496 e. The average Bonchev–Trinajstić information content (AvgIpc) is 2.61. The van der Waals surface area contributed by atoms with E-state index in [0.29, 0.717) is 25.1 Å². The van der Waals surface area contributed by atoms with Gasteiger partial charge in [0.2, 0.25) is 10.0 Å². The summed E-state index contributed by atoms with van der Waals surface area (Å²) in [6.45, 7) is 4.60. The lowest BCUT2D eigenvalue weighted by molar-refractivity contribution is 0.0732. The predicted octanol–water partition coefficient (Wildman–Crippen LogP) is 2.16. The monoisotopic (exact) mass is 374 g/mol. The first-order chi connectivity index (χ1) is 12.2. The predicted molar refractivity (Wildman–Crippen MR) is 98.7 cm³/mol. The minimum absolute atomic E-state index is 0.0389. The van der Waals surface area contributed by atoms with Crippen molar-refractivity contribution in [1.29, 1.82) is 0 Å². The second kappa shape index (κ2) is 6.74. The van der Waals surface area contributed by atoms with Gasteiger partial charge >= 0.3 is 0 Å². The smallest absolute Gasteiger partial charge is 0.254 e. The zero-order chi connectivity index (χ0) is 19.1. The van der Waals surface area contributed by atoms with Crippen LogP contribution in [0.1, 0.15) is 32.6 Å². The van der Waals surface area contributed by atoms with Crippen molar-refractivity contribution in [2.45, 2.75) is 31.7 Å². The Bertz CT molecular complexity index is 983. The van der Waals surface area contributed by atoms with Gasteiger partial charge in [-0.3, -0.25) is 4.79 Å². The molecule has 7 heteroatoms. The molecule has 0 radical (unpaired) electrons. The van der Waals surface area contributed by atoms with Crippen molar-refractivity contribution in [2.75, 3.05) is 13.7 Å². The highest BCUT2D eigenvalue weighted by Gasteiger charge is 2.26. The molecule has 2 aromatic rings. The van der Waals surface area contributed by atoms with Crippen LogP contribution < -0.4 is 9.88 Å². The number of primary sulfonamides is 1. The Labute approximate surface area is 153 Å². The summed E-state index contributed by atoms with van der Waals surface area (Å²) in [5.41, 5.74) is 4.02. The Kier molecular flexibility index (Phi) is 4.77. The fourth-order valence-corrected chi connectivity index (χ4v) is 3.95. The molecular formula is C19H22N2O4S. The van der Waals surface area contributed by atoms with Crippen LogP contribution >= 0.6 is 0 Å². The van der Waals surface area contributed by atoms with Crippen molar-refractivity contribution in [3.8, 4) is 5.75 Å². The number of nitrogens with two attached hydrogens (primary N) is 1. The maximum Gasteiger partial charge on any atom is 0.254 e. The highest BCUT2D eigenvalue weighted by atomic mass is 32.2. The average molecular weight is 374 g/mol. The van der Waals surface area contributed by atoms with Crippen LogP contribution in [0.15, 0.2) is 35.2 Å². The van der Waals surface area contributed by atoms with Gasteiger partial charge in [-0.25, -0.2) is 13.6 Å². The van der Waals surface area contributed by atoms with Crippen molar-refractivity contribution in [1.82, 2.24) is 4.90 Å². The van der Waals surface area contributed by atoms with E-state index in [1.807, 2.05) is 25.1 Å². The van der Waals surface area contributed by atoms with Crippen molar-refractivity contribution in [2.24, 2.45) is 5.14 Å². The Morgan fingerprint density at radius 1 is 1.23 bits per heavy atom. The second-order valence-corrected chi connectivity index (χ2v) is 8.09. The molecule has 0 aromatic heterocycles. The van der Waals surface area contributed by atoms with Gasteiger partial charge in [0.25, 0.3) is 5.91 Å². The molecule has 0 bridgehead atoms. The molecule has 0 atom stereocenters. The van der Waals surface area contributed by atoms with E-state index in [2.05, 4.69) is 0 Å². The van der Waals surface area contributed by atoms with E-state index in [-0.39, 0.29) is 10.8 Å². The number of sulfonamides is 1. The number of carbonyl (C=O) groups excluding carboxylic acids is 1. The number of ether oxygens (including phenoxy) is 1. The molecule has 0 saturated heterocycles. The van der Waals surface area contributed by atoms with Crippen LogP contribution in [0.5, 0.6) is 5.75 Å². The van der Waals surface area contributed by atoms with Crippen molar-refractivity contribution in [3.05, 3.63) is 58.1 Å². The number of aryl methyl sites for hydroxylation is 1. The molecule has 6 nitrogen and oxygen atoms in total. The lowest BCUT2D eigenvalue weighted by Gasteiger charge is -2.30. The highest BCUT2D eigenvalue weighted by Crippen LogP contribution is 2.29. The summed E-state index contributed by atoms with van der Waals surface area (Å²) >= 11 is 0. The van der Waals surface area contributed by atoms with Crippen LogP contribution in [-0.2, 0) is 23.0 Å². The lowest BCUT2D eigenvalue weighted by atomic mass is 9.96. The van der Waals surface area contributed by atoms with Gasteiger partial charge in [0.1, 0.15) is 5.75 Å². The Hall–Kier alpha value is -2.38. The Morgan fingerprint density at radius 2 is 1.96 bits per heavy atom. The molecule has 138 valence electrons. The van der Waals surface area contributed by atoms with Crippen LogP contribution in [-0.4, -0.2) is 32.9 Å². The first-order valence-electron chi connectivity index (χ1n) is 8.30. The molecule has 2 aromatic carbocycles. The number of carbonyl (C=O) groups is 1. The number of hydrogen-bond acceptors (Lipinski definition) is 4. The van der Waals surface area contributed by atoms with Crippen LogP contribution in [0, 0.1) is 13.8 Å². The minimum atomic E-state index is -3.87. The maximum atomic E-state index is 13.1. The number of benzene rings is 2. The van der Waals surface area contributed by atoms with E-state index >= 15 is 0 Å². The lowest BCUT2D eigenvalue weighted by Crippen LogP contribution is -2.36. The van der Waals surface area contributed by atoms with Crippen molar-refractivity contribution < 1.29 is 17.9 Å². The molecule has 2 N–H and O–H groups in total. The summed E-state index contributed by atoms with van der Waals surface area (Å²) in [7, 11) is -2.24. The third kappa shape index (κ3) is 3.32. The van der Waals surface area contributed by atoms with Gasteiger partial charge < -0.3 is 9.64 Å². The summed E-state index contributed by atoms with van der Waals surface area (Å²) in [5, 5.41) is 5.25. The van der Waals surface area contributed by atoms with Crippen molar-refractivity contribution >= 4 is 15.9 Å². The molecule has 0 unspecified atom stereocenters. The molecule has 1 heterocycles. The fourth-order valence-electron chi connectivity index (χ4n) is 3.32. The first kappa shape index (κ1) is 18.4. The zero-order valence-electron chi connectivity index (χ0n) is 15.1. The minimum Gasteiger partial charge on any atom is -0.496 e. The van der Waals surface area contributed by atoms with E-state index in [1.165, 1.54) is 12.1 Å². The molecule has 0 spiro atoms. The Balaban J connectivity index is 1.97. The van der Waals surface area contributed by atoms with E-state index in [0.717, 1.165) is 28.0 Å². The van der Waals surface area contributed by atoms with Gasteiger partial charge in [0.15, 0.2) is 0 Å². The molecule has 1 aliphatic rings. The highest BCUT2D eigenvalue weighted by molar-refractivity contribution is 7.89. The summed E-state index contributed by atoms with van der Waals surface area (Å²) in [5.74, 6) is 0.641. The number of nitrogens with zero attached hydrogens (tertiary/aromatic N) is 1. The molecule has 1 aliphatic heterocycles. The maximum absolute atomic E-state index is 13.1. The van der Waals surface area contributed by atoms with E-state index in [4.69, 9.17) is 9.88 Å². The van der Waals surface area contributed by atoms with Gasteiger partial charge in [-0.2, -0.15) is 0 Å². The van der Waals surface area contributed by atoms with Crippen LogP contribution in [0.25, 0.3) is 0 Å². The molecule has 0 saturated carbocycles. The topological polar surface area (TPSA) is 89.7 Å². The SMILES string of the molecule is COc1cccc2c1CCN(C(=O)c1cc(S(N)(=O)=O)cc(C)c1C)C2. The summed E-state index contributed by atoms with van der Waals surface area (Å²) < 4.78 is 28.8. The van der Waals surface area contributed by atoms with E-state index in [9.17, 15) is 13.2 Å². The van der Waals surface area contributed by atoms with E-state index in [1.54, 1.807) is 18.9 Å². The van der Waals surface area contributed by atoms with Gasteiger partial charge in [-0.1, -0.05) is 12.1 Å². The quantitative estimate of drug-likeness (QED) is 0.891. The van der Waals surface area contributed by atoms with Gasteiger partial charge in [-0.15, -0.1) is 0 Å². The van der Waals surface area contributed by atoms with Crippen LogP contribution in [0.3, 0.4) is 0 Å². The molecule has 0 aliphatic carbocycles. The van der Waals surface area contributed by atoms with Gasteiger partial charge in [0.05, 0.1) is 12.0 Å². The number of amides is 1. The van der Waals surface area contributed by atoms with Crippen LogP contribution in [0.4, 0.5) is 0 Å². The van der Waals surface area contributed by atoms with Crippen LogP contribution in [0.2, 0.25) is 0 Å². The summed E-state index contributed by atoms with van der Waals surface area (Å²) in [6, 6.07) is 8.68. The fraction of sp³-hybridized carbons (Fsp3) is 0.316. The molecule has 3 rings (SSSR count). The molecular weight excluding hydrogens is 352 g/mol. The summed E-state index contributed by atoms with van der Waals surface area (Å²) in [4.78, 5) is 14.8. The van der Waals surface area contributed by atoms with Gasteiger partial charge in [-0.05, 0) is 55.2 Å². The van der Waals surface area contributed by atoms with Crippen molar-refractivity contribution in [3.63, 3.8) is 0 Å². The van der Waals surface area contributed by atoms with E-state index < -0.39 is 10.0 Å². The second-order valence-electron chi connectivity index (χ2n) is 6.53. The normalized spacial score (nSPS) is 14.1. The standard InChI is InChI=1S/C19H22N2O4S/c1-12-9-15(26(20,23)24)10-17(13(12)2)19(22)21-8-7-16-14(11-21)5-4-6-18(16)25-3/h4-6,9-10H,7-8,11H2,1-3H3,(H2,20,23,24). The first-order valence-corrected chi connectivity index (χ1v) is 9.85. The third-order valence-electron chi connectivity index (χ3n) is 4.93. The number of fused-ring (bicyclic) bond motifs is 1. The van der Waals surface area contributed by atoms with Gasteiger partial charge in [0, 0.05) is 24.2 Å². The third-order valence-corrected chi connectivity index (χ3v) is 5.82. The Morgan fingerprint density at radius 3 is 2.62 bits per heavy atom. The molecule has 26 heavy (non-hydrogen) atoms. The number of rotatable bonds is 3. The molecule has 0 fully saturated rings. The number of methoxy groups -OCH3 is 1. The zero-order valence-corrected chi connectivity index (χ0v) is 15.9. The number of hydrogen-bond donors (Lipinski definition) is 1. The molecule has 1 amide bonds. The summed E-state index contributed by atoms with van der Waals surface area (Å²) in [6.07, 6.45) is 0.692.